The fraction of sp³-hybridized carbons (Fsp3) is 0.688. The molecule has 2 aliphatic rings. The molecule has 19 heavy (non-hydrogen) atoms. The van der Waals surface area contributed by atoms with E-state index in [1.807, 2.05) is 6.07 Å². The summed E-state index contributed by atoms with van der Waals surface area (Å²) in [6.45, 7) is 8.28. The summed E-state index contributed by atoms with van der Waals surface area (Å²) < 4.78 is 0. The number of rotatable bonds is 3. The highest BCUT2D eigenvalue weighted by Crippen LogP contribution is 2.65. The number of nitriles is 1. The fourth-order valence-corrected chi connectivity index (χ4v) is 5.02. The number of thiophene rings is 1. The minimum Gasteiger partial charge on any atom is -0.309 e. The van der Waals surface area contributed by atoms with E-state index in [2.05, 4.69) is 38.2 Å². The van der Waals surface area contributed by atoms with E-state index >= 15 is 0 Å². The van der Waals surface area contributed by atoms with Crippen LogP contribution in [0.3, 0.4) is 0 Å². The summed E-state index contributed by atoms with van der Waals surface area (Å²) in [6.07, 6.45) is 4.08. The average Bonchev–Trinajstić information content (AvgIpc) is 2.97. The van der Waals surface area contributed by atoms with Crippen LogP contribution in [0.5, 0.6) is 0 Å². The van der Waals surface area contributed by atoms with Crippen molar-refractivity contribution in [3.8, 4) is 6.07 Å². The van der Waals surface area contributed by atoms with Gasteiger partial charge >= 0.3 is 0 Å². The Bertz CT molecular complexity index is 525. The Morgan fingerprint density at radius 1 is 1.42 bits per heavy atom. The van der Waals surface area contributed by atoms with Gasteiger partial charge in [0.05, 0.1) is 0 Å². The Morgan fingerprint density at radius 2 is 2.21 bits per heavy atom. The van der Waals surface area contributed by atoms with Crippen LogP contribution in [0.4, 0.5) is 0 Å². The summed E-state index contributed by atoms with van der Waals surface area (Å²) in [5, 5.41) is 12.6. The summed E-state index contributed by atoms with van der Waals surface area (Å²) >= 11 is 1.61. The van der Waals surface area contributed by atoms with Gasteiger partial charge in [0.1, 0.15) is 10.9 Å². The van der Waals surface area contributed by atoms with E-state index in [0.29, 0.717) is 16.9 Å². The first kappa shape index (κ1) is 13.1. The van der Waals surface area contributed by atoms with Gasteiger partial charge in [0, 0.05) is 17.5 Å². The van der Waals surface area contributed by atoms with E-state index in [1.165, 1.54) is 24.1 Å². The Balaban J connectivity index is 1.68. The molecule has 2 saturated carbocycles. The molecule has 3 atom stereocenters. The van der Waals surface area contributed by atoms with Gasteiger partial charge in [-0.05, 0) is 48.1 Å². The van der Waals surface area contributed by atoms with Crippen LogP contribution in [0.1, 0.15) is 49.8 Å². The lowest BCUT2D eigenvalue weighted by molar-refractivity contribution is 0.120. The topological polar surface area (TPSA) is 35.8 Å². The molecule has 2 aliphatic carbocycles. The predicted molar refractivity (Wildman–Crippen MR) is 78.9 cm³/mol. The zero-order valence-electron chi connectivity index (χ0n) is 12.0. The van der Waals surface area contributed by atoms with Crippen molar-refractivity contribution in [2.24, 2.45) is 16.7 Å². The number of hydrogen-bond donors (Lipinski definition) is 1. The second-order valence-electron chi connectivity index (χ2n) is 6.92. The monoisotopic (exact) mass is 274 g/mol. The van der Waals surface area contributed by atoms with E-state index in [0.717, 1.165) is 17.3 Å². The maximum Gasteiger partial charge on any atom is 0.110 e. The molecule has 2 fully saturated rings. The van der Waals surface area contributed by atoms with Crippen molar-refractivity contribution in [1.29, 1.82) is 5.26 Å². The van der Waals surface area contributed by atoms with Crippen LogP contribution < -0.4 is 5.32 Å². The van der Waals surface area contributed by atoms with Gasteiger partial charge in [0.15, 0.2) is 0 Å². The first-order valence-corrected chi connectivity index (χ1v) is 8.01. The summed E-state index contributed by atoms with van der Waals surface area (Å²) in [6, 6.07) is 6.85. The highest BCUT2D eigenvalue weighted by molar-refractivity contribution is 7.12. The third-order valence-corrected chi connectivity index (χ3v) is 7.08. The van der Waals surface area contributed by atoms with E-state index in [4.69, 9.17) is 5.26 Å². The van der Waals surface area contributed by atoms with Crippen molar-refractivity contribution in [3.63, 3.8) is 0 Å². The predicted octanol–water partition coefficient (Wildman–Crippen LogP) is 3.92. The van der Waals surface area contributed by atoms with Crippen molar-refractivity contribution < 1.29 is 0 Å². The van der Waals surface area contributed by atoms with Gasteiger partial charge in [-0.2, -0.15) is 5.26 Å². The molecule has 2 nitrogen and oxygen atoms in total. The molecule has 1 aromatic heterocycles. The number of nitrogens with zero attached hydrogens (tertiary/aromatic N) is 1. The van der Waals surface area contributed by atoms with Crippen LogP contribution in [-0.2, 0) is 6.54 Å². The molecule has 1 aromatic rings. The molecule has 102 valence electrons. The third-order valence-electron chi connectivity index (χ3n) is 6.09. The van der Waals surface area contributed by atoms with Gasteiger partial charge in [0.25, 0.3) is 0 Å². The molecular weight excluding hydrogens is 252 g/mol. The van der Waals surface area contributed by atoms with E-state index in [9.17, 15) is 0 Å². The van der Waals surface area contributed by atoms with Crippen LogP contribution in [0.2, 0.25) is 0 Å². The Kier molecular flexibility index (Phi) is 2.99. The summed E-state index contributed by atoms with van der Waals surface area (Å²) in [5.41, 5.74) is 0.908. The zero-order valence-corrected chi connectivity index (χ0v) is 12.8. The minimum atomic E-state index is 0.437. The zero-order chi connectivity index (χ0) is 13.7. The summed E-state index contributed by atoms with van der Waals surface area (Å²) in [5.74, 6) is 0.882. The molecule has 3 unspecified atom stereocenters. The first-order chi connectivity index (χ1) is 8.97. The highest BCUT2D eigenvalue weighted by atomic mass is 32.1. The van der Waals surface area contributed by atoms with Crippen molar-refractivity contribution in [3.05, 3.63) is 21.9 Å². The molecule has 0 saturated heterocycles. The van der Waals surface area contributed by atoms with Gasteiger partial charge in [-0.25, -0.2) is 0 Å². The average molecular weight is 274 g/mol. The number of hydrogen-bond acceptors (Lipinski definition) is 3. The smallest absolute Gasteiger partial charge is 0.110 e. The molecule has 3 heteroatoms. The lowest BCUT2D eigenvalue weighted by atomic mass is 9.69. The standard InChI is InChI=1S/C16H22N2S/c1-15(2)11-6-7-16(15,3)14(8-11)18-10-13-5-4-12(9-17)19-13/h4-5,11,14,18H,6-8,10H2,1-3H3. The summed E-state index contributed by atoms with van der Waals surface area (Å²) in [4.78, 5) is 2.09. The Hall–Kier alpha value is -0.850. The molecule has 3 rings (SSSR count). The highest BCUT2D eigenvalue weighted by Gasteiger charge is 2.60. The van der Waals surface area contributed by atoms with Crippen LogP contribution in [0.25, 0.3) is 0 Å². The number of fused-ring (bicyclic) bond motifs is 2. The van der Waals surface area contributed by atoms with E-state index in [1.54, 1.807) is 11.3 Å². The maximum absolute atomic E-state index is 8.87. The van der Waals surface area contributed by atoms with Crippen molar-refractivity contribution in [1.82, 2.24) is 5.32 Å². The molecule has 0 aromatic carbocycles. The Labute approximate surface area is 119 Å². The quantitative estimate of drug-likeness (QED) is 0.906. The largest absolute Gasteiger partial charge is 0.309 e. The van der Waals surface area contributed by atoms with Crippen LogP contribution in [-0.4, -0.2) is 6.04 Å². The lowest BCUT2D eigenvalue weighted by Gasteiger charge is -2.39. The second-order valence-corrected chi connectivity index (χ2v) is 8.09. The van der Waals surface area contributed by atoms with Gasteiger partial charge in [-0.3, -0.25) is 0 Å². The van der Waals surface area contributed by atoms with Crippen LogP contribution in [0.15, 0.2) is 12.1 Å². The maximum atomic E-state index is 8.87. The van der Waals surface area contributed by atoms with Gasteiger partial charge in [-0.1, -0.05) is 20.8 Å². The van der Waals surface area contributed by atoms with Crippen LogP contribution >= 0.6 is 11.3 Å². The van der Waals surface area contributed by atoms with Crippen molar-refractivity contribution in [2.75, 3.05) is 0 Å². The molecule has 0 amide bonds. The van der Waals surface area contributed by atoms with Crippen LogP contribution in [0, 0.1) is 28.1 Å². The van der Waals surface area contributed by atoms with E-state index < -0.39 is 0 Å². The SMILES string of the molecule is CC1(C)C2CCC1(C)C(NCc1ccc(C#N)s1)C2. The lowest BCUT2D eigenvalue weighted by Crippen LogP contribution is -2.44. The molecular formula is C16H22N2S. The molecule has 1 N–H and O–H groups in total. The van der Waals surface area contributed by atoms with Crippen molar-refractivity contribution >= 4 is 11.3 Å². The first-order valence-electron chi connectivity index (χ1n) is 7.19. The third kappa shape index (κ3) is 1.85. The van der Waals surface area contributed by atoms with Gasteiger partial charge in [0.2, 0.25) is 0 Å². The fourth-order valence-electron chi connectivity index (χ4n) is 4.27. The molecule has 0 radical (unpaired) electrons. The summed E-state index contributed by atoms with van der Waals surface area (Å²) in [7, 11) is 0. The number of nitrogens with one attached hydrogen (secondary N) is 1. The minimum absolute atomic E-state index is 0.437. The second kappa shape index (κ2) is 4.33. The Morgan fingerprint density at radius 3 is 2.74 bits per heavy atom. The molecule has 0 aliphatic heterocycles. The van der Waals surface area contributed by atoms with E-state index in [-0.39, 0.29) is 0 Å². The molecule has 1 heterocycles. The molecule has 2 bridgehead atoms. The normalized spacial score (nSPS) is 35.5. The van der Waals surface area contributed by atoms with Gasteiger partial charge in [-0.15, -0.1) is 11.3 Å². The molecule has 0 spiro atoms. The van der Waals surface area contributed by atoms with Gasteiger partial charge < -0.3 is 5.32 Å². The van der Waals surface area contributed by atoms with Crippen molar-refractivity contribution in [2.45, 2.75) is 52.6 Å².